The first-order chi connectivity index (χ1) is 14.2. The SMILES string of the molecule is CCNC(=NCC(=O)N(C)CCc1ccccn1)NCCCNC(=O)OC(C)(C)C.I. The van der Waals surface area contributed by atoms with E-state index in [1.165, 1.54) is 0 Å². The third-order valence-corrected chi connectivity index (χ3v) is 3.89. The molecule has 1 aromatic rings. The number of aliphatic imine (C=N–C) groups is 1. The highest BCUT2D eigenvalue weighted by atomic mass is 127. The zero-order chi connectivity index (χ0) is 22.4. The monoisotopic (exact) mass is 548 g/mol. The van der Waals surface area contributed by atoms with E-state index in [0.29, 0.717) is 45.0 Å². The lowest BCUT2D eigenvalue weighted by Crippen LogP contribution is -2.40. The Labute approximate surface area is 202 Å². The number of rotatable bonds is 10. The number of amides is 2. The highest BCUT2D eigenvalue weighted by molar-refractivity contribution is 14.0. The van der Waals surface area contributed by atoms with Crippen molar-refractivity contribution in [3.8, 4) is 0 Å². The van der Waals surface area contributed by atoms with Crippen LogP contribution in [0.1, 0.15) is 39.8 Å². The van der Waals surface area contributed by atoms with Gasteiger partial charge >= 0.3 is 6.09 Å². The summed E-state index contributed by atoms with van der Waals surface area (Å²) in [5, 5.41) is 8.98. The number of pyridine rings is 1. The molecule has 1 heterocycles. The molecule has 0 aliphatic carbocycles. The van der Waals surface area contributed by atoms with E-state index in [-0.39, 0.29) is 36.4 Å². The van der Waals surface area contributed by atoms with E-state index in [1.54, 1.807) is 18.1 Å². The van der Waals surface area contributed by atoms with Crippen LogP contribution < -0.4 is 16.0 Å². The number of guanidine groups is 1. The van der Waals surface area contributed by atoms with Crippen LogP contribution in [0.15, 0.2) is 29.4 Å². The van der Waals surface area contributed by atoms with Gasteiger partial charge in [0.15, 0.2) is 5.96 Å². The van der Waals surface area contributed by atoms with Gasteiger partial charge in [-0.05, 0) is 46.2 Å². The van der Waals surface area contributed by atoms with Crippen molar-refractivity contribution in [2.45, 2.75) is 46.1 Å². The van der Waals surface area contributed by atoms with Crippen LogP contribution in [-0.2, 0) is 16.0 Å². The lowest BCUT2D eigenvalue weighted by Gasteiger charge is -2.19. The number of carbonyl (C=O) groups is 2. The quantitative estimate of drug-likeness (QED) is 0.179. The Hall–Kier alpha value is -2.11. The van der Waals surface area contributed by atoms with Crippen molar-refractivity contribution in [3.63, 3.8) is 0 Å². The lowest BCUT2D eigenvalue weighted by molar-refractivity contribution is -0.128. The first-order valence-corrected chi connectivity index (χ1v) is 10.3. The highest BCUT2D eigenvalue weighted by Crippen LogP contribution is 2.06. The Bertz CT molecular complexity index is 679. The van der Waals surface area contributed by atoms with Crippen molar-refractivity contribution in [1.82, 2.24) is 25.8 Å². The minimum Gasteiger partial charge on any atom is -0.444 e. The van der Waals surface area contributed by atoms with Gasteiger partial charge in [-0.2, -0.15) is 0 Å². The molecule has 0 aromatic carbocycles. The van der Waals surface area contributed by atoms with Gasteiger partial charge in [-0.25, -0.2) is 9.79 Å². The Balaban J connectivity index is 0.00000900. The number of nitrogens with zero attached hydrogens (tertiary/aromatic N) is 3. The van der Waals surface area contributed by atoms with E-state index in [2.05, 4.69) is 25.9 Å². The summed E-state index contributed by atoms with van der Waals surface area (Å²) in [7, 11) is 1.77. The molecular formula is C21H37IN6O3. The van der Waals surface area contributed by atoms with Crippen LogP contribution in [0.25, 0.3) is 0 Å². The zero-order valence-electron chi connectivity index (χ0n) is 19.2. The summed E-state index contributed by atoms with van der Waals surface area (Å²) in [5.41, 5.74) is 0.445. The van der Waals surface area contributed by atoms with Crippen LogP contribution in [0.5, 0.6) is 0 Å². The van der Waals surface area contributed by atoms with Gasteiger partial charge in [-0.3, -0.25) is 9.78 Å². The molecule has 0 saturated heterocycles. The molecule has 0 atom stereocenters. The fraction of sp³-hybridized carbons (Fsp3) is 0.619. The van der Waals surface area contributed by atoms with Crippen molar-refractivity contribution >= 4 is 41.9 Å². The van der Waals surface area contributed by atoms with Crippen molar-refractivity contribution in [2.24, 2.45) is 4.99 Å². The summed E-state index contributed by atoms with van der Waals surface area (Å²) >= 11 is 0. The summed E-state index contributed by atoms with van der Waals surface area (Å²) in [4.78, 5) is 34.2. The van der Waals surface area contributed by atoms with Crippen LogP contribution in [0.4, 0.5) is 4.79 Å². The first-order valence-electron chi connectivity index (χ1n) is 10.3. The van der Waals surface area contributed by atoms with E-state index in [9.17, 15) is 9.59 Å². The fourth-order valence-electron chi connectivity index (χ4n) is 2.36. The summed E-state index contributed by atoms with van der Waals surface area (Å²) < 4.78 is 5.19. The van der Waals surface area contributed by atoms with Crippen LogP contribution in [-0.4, -0.2) is 73.2 Å². The standard InChI is InChI=1S/C21H36N6O3.HI/c1-6-22-19(24-13-9-14-25-20(29)30-21(2,3)4)26-16-18(28)27(5)15-11-17-10-7-8-12-23-17;/h7-8,10,12H,6,9,11,13-16H2,1-5H3,(H,25,29)(H2,22,24,26);1H. The largest absolute Gasteiger partial charge is 0.444 e. The second kappa shape index (κ2) is 15.7. The number of carbonyl (C=O) groups excluding carboxylic acids is 2. The van der Waals surface area contributed by atoms with Gasteiger partial charge in [0.05, 0.1) is 0 Å². The predicted molar refractivity (Wildman–Crippen MR) is 134 cm³/mol. The zero-order valence-corrected chi connectivity index (χ0v) is 21.6. The van der Waals surface area contributed by atoms with E-state index in [1.807, 2.05) is 45.9 Å². The van der Waals surface area contributed by atoms with Crippen molar-refractivity contribution in [2.75, 3.05) is 39.8 Å². The average molecular weight is 548 g/mol. The van der Waals surface area contributed by atoms with Gasteiger partial charge in [-0.15, -0.1) is 24.0 Å². The van der Waals surface area contributed by atoms with E-state index < -0.39 is 11.7 Å². The Kier molecular flexibility index (Phi) is 14.6. The maximum atomic E-state index is 12.3. The number of aromatic nitrogens is 1. The molecule has 3 N–H and O–H groups in total. The smallest absolute Gasteiger partial charge is 0.407 e. The summed E-state index contributed by atoms with van der Waals surface area (Å²) in [5.74, 6) is 0.510. The highest BCUT2D eigenvalue weighted by Gasteiger charge is 2.15. The number of nitrogens with one attached hydrogen (secondary N) is 3. The van der Waals surface area contributed by atoms with Gasteiger partial charge in [0.2, 0.25) is 5.91 Å². The van der Waals surface area contributed by atoms with Gasteiger partial charge < -0.3 is 25.6 Å². The molecule has 0 saturated carbocycles. The normalized spacial score (nSPS) is 11.2. The number of hydrogen-bond donors (Lipinski definition) is 3. The molecular weight excluding hydrogens is 511 g/mol. The van der Waals surface area contributed by atoms with Gasteiger partial charge in [0.25, 0.3) is 0 Å². The molecule has 0 aliphatic rings. The summed E-state index contributed by atoms with van der Waals surface area (Å²) in [6.07, 6.45) is 2.72. The Morgan fingerprint density at radius 1 is 1.16 bits per heavy atom. The molecule has 10 heteroatoms. The van der Waals surface area contributed by atoms with Crippen molar-refractivity contribution < 1.29 is 14.3 Å². The van der Waals surface area contributed by atoms with Gasteiger partial charge in [-0.1, -0.05) is 6.07 Å². The van der Waals surface area contributed by atoms with E-state index >= 15 is 0 Å². The predicted octanol–water partition coefficient (Wildman–Crippen LogP) is 2.17. The molecule has 0 unspecified atom stereocenters. The Morgan fingerprint density at radius 2 is 1.87 bits per heavy atom. The molecule has 0 fully saturated rings. The number of ether oxygens (including phenoxy) is 1. The molecule has 0 bridgehead atoms. The van der Waals surface area contributed by atoms with Gasteiger partial charge in [0.1, 0.15) is 12.1 Å². The van der Waals surface area contributed by atoms with E-state index in [4.69, 9.17) is 4.74 Å². The number of likely N-dealkylation sites (N-methyl/N-ethyl adjacent to an activating group) is 1. The van der Waals surface area contributed by atoms with Crippen LogP contribution in [0.2, 0.25) is 0 Å². The Morgan fingerprint density at radius 3 is 2.48 bits per heavy atom. The van der Waals surface area contributed by atoms with Crippen LogP contribution in [0, 0.1) is 0 Å². The van der Waals surface area contributed by atoms with Crippen LogP contribution >= 0.6 is 24.0 Å². The number of hydrogen-bond acceptors (Lipinski definition) is 5. The molecule has 0 radical (unpaired) electrons. The molecule has 31 heavy (non-hydrogen) atoms. The third kappa shape index (κ3) is 14.5. The molecule has 1 rings (SSSR count). The molecule has 0 spiro atoms. The van der Waals surface area contributed by atoms with E-state index in [0.717, 1.165) is 5.69 Å². The fourth-order valence-corrected chi connectivity index (χ4v) is 2.36. The minimum absolute atomic E-state index is 0. The molecule has 0 aliphatic heterocycles. The van der Waals surface area contributed by atoms with Crippen molar-refractivity contribution in [3.05, 3.63) is 30.1 Å². The second-order valence-electron chi connectivity index (χ2n) is 7.79. The lowest BCUT2D eigenvalue weighted by atomic mass is 10.2. The second-order valence-corrected chi connectivity index (χ2v) is 7.79. The maximum absolute atomic E-state index is 12.3. The molecule has 176 valence electrons. The summed E-state index contributed by atoms with van der Waals surface area (Å²) in [6.45, 7) is 9.85. The molecule has 9 nitrogen and oxygen atoms in total. The molecule has 1 aromatic heterocycles. The van der Waals surface area contributed by atoms with Crippen LogP contribution in [0.3, 0.4) is 0 Å². The number of halogens is 1. The maximum Gasteiger partial charge on any atom is 0.407 e. The first kappa shape index (κ1) is 28.9. The third-order valence-electron chi connectivity index (χ3n) is 3.89. The summed E-state index contributed by atoms with van der Waals surface area (Å²) in [6, 6.07) is 5.75. The minimum atomic E-state index is -0.509. The molecule has 2 amide bonds. The average Bonchev–Trinajstić information content (AvgIpc) is 2.69. The van der Waals surface area contributed by atoms with Gasteiger partial charge in [0, 0.05) is 51.5 Å². The number of alkyl carbamates (subject to hydrolysis) is 1. The topological polar surface area (TPSA) is 108 Å². The van der Waals surface area contributed by atoms with Crippen molar-refractivity contribution in [1.29, 1.82) is 0 Å².